The van der Waals surface area contributed by atoms with Gasteiger partial charge in [-0.3, -0.25) is 4.89 Å². The Bertz CT molecular complexity index is 370. The third kappa shape index (κ3) is 6.71. The molecule has 0 aliphatic carbocycles. The van der Waals surface area contributed by atoms with E-state index in [2.05, 4.69) is 13.8 Å². The van der Waals surface area contributed by atoms with E-state index in [0.717, 1.165) is 19.3 Å². The van der Waals surface area contributed by atoms with Crippen molar-refractivity contribution in [2.75, 3.05) is 6.61 Å². The second kappa shape index (κ2) is 10.4. The van der Waals surface area contributed by atoms with Gasteiger partial charge in [0, 0.05) is 0 Å². The molecule has 0 N–H and O–H groups in total. The van der Waals surface area contributed by atoms with Crippen molar-refractivity contribution in [3.05, 3.63) is 35.4 Å². The lowest BCUT2D eigenvalue weighted by Gasteiger charge is -2.04. The van der Waals surface area contributed by atoms with Crippen LogP contribution in [0.1, 0.15) is 68.3 Å². The molecule has 0 unspecified atom stereocenters. The van der Waals surface area contributed by atoms with Crippen LogP contribution in [0.15, 0.2) is 24.3 Å². The highest BCUT2D eigenvalue weighted by atomic mass is 17.2. The Morgan fingerprint density at radius 3 is 2.25 bits per heavy atom. The molecule has 0 aromatic heterocycles. The van der Waals surface area contributed by atoms with Crippen molar-refractivity contribution in [3.8, 4) is 0 Å². The van der Waals surface area contributed by atoms with Crippen LogP contribution in [0.25, 0.3) is 0 Å². The summed E-state index contributed by atoms with van der Waals surface area (Å²) in [5.41, 5.74) is 1.74. The largest absolute Gasteiger partial charge is 0.373 e. The predicted octanol–water partition coefficient (Wildman–Crippen LogP) is 4.70. The SMILES string of the molecule is CCCCCCCCOOC(=O)c1ccc(CC)cc1. The number of unbranched alkanes of at least 4 members (excludes halogenated alkanes) is 5. The average Bonchev–Trinajstić information content (AvgIpc) is 2.50. The lowest BCUT2D eigenvalue weighted by molar-refractivity contribution is -0.241. The van der Waals surface area contributed by atoms with Gasteiger partial charge in [-0.05, 0) is 30.5 Å². The Morgan fingerprint density at radius 1 is 0.950 bits per heavy atom. The molecule has 0 heterocycles. The normalized spacial score (nSPS) is 10.5. The van der Waals surface area contributed by atoms with Gasteiger partial charge in [0.2, 0.25) is 0 Å². The fourth-order valence-electron chi connectivity index (χ4n) is 1.96. The Morgan fingerprint density at radius 2 is 1.60 bits per heavy atom. The van der Waals surface area contributed by atoms with Gasteiger partial charge in [0.1, 0.15) is 0 Å². The number of benzene rings is 1. The topological polar surface area (TPSA) is 35.5 Å². The molecule has 1 aromatic rings. The van der Waals surface area contributed by atoms with Crippen molar-refractivity contribution in [1.29, 1.82) is 0 Å². The van der Waals surface area contributed by atoms with E-state index < -0.39 is 5.97 Å². The standard InChI is InChI=1S/C17H26O3/c1-3-5-6-7-8-9-14-19-20-17(18)16-12-10-15(4-2)11-13-16/h10-13H,3-9,14H2,1-2H3. The summed E-state index contributed by atoms with van der Waals surface area (Å²) in [4.78, 5) is 21.4. The second-order valence-corrected chi connectivity index (χ2v) is 5.01. The molecular weight excluding hydrogens is 252 g/mol. The molecule has 0 aliphatic heterocycles. The summed E-state index contributed by atoms with van der Waals surface area (Å²) in [6.07, 6.45) is 8.08. The number of carbonyl (C=O) groups excluding carboxylic acids is 1. The molecule has 0 saturated carbocycles. The molecule has 0 bridgehead atoms. The van der Waals surface area contributed by atoms with E-state index in [1.54, 1.807) is 12.1 Å². The molecule has 0 atom stereocenters. The lowest BCUT2D eigenvalue weighted by atomic mass is 10.1. The predicted molar refractivity (Wildman–Crippen MR) is 80.6 cm³/mol. The van der Waals surface area contributed by atoms with E-state index in [9.17, 15) is 4.79 Å². The summed E-state index contributed by atoms with van der Waals surface area (Å²) in [6, 6.07) is 7.42. The van der Waals surface area contributed by atoms with E-state index in [-0.39, 0.29) is 0 Å². The zero-order chi connectivity index (χ0) is 14.6. The van der Waals surface area contributed by atoms with E-state index in [1.165, 1.54) is 31.2 Å². The first-order valence-electron chi connectivity index (χ1n) is 7.70. The van der Waals surface area contributed by atoms with Crippen LogP contribution in [0.5, 0.6) is 0 Å². The second-order valence-electron chi connectivity index (χ2n) is 5.01. The van der Waals surface area contributed by atoms with Crippen molar-refractivity contribution in [1.82, 2.24) is 0 Å². The van der Waals surface area contributed by atoms with Gasteiger partial charge < -0.3 is 0 Å². The number of hydrogen-bond donors (Lipinski definition) is 0. The maximum atomic E-state index is 11.7. The van der Waals surface area contributed by atoms with Gasteiger partial charge in [0.25, 0.3) is 0 Å². The molecule has 0 saturated heterocycles. The molecule has 0 spiro atoms. The first-order chi connectivity index (χ1) is 9.77. The van der Waals surface area contributed by atoms with Crippen molar-refractivity contribution in [3.63, 3.8) is 0 Å². The highest BCUT2D eigenvalue weighted by Crippen LogP contribution is 2.08. The van der Waals surface area contributed by atoms with E-state index >= 15 is 0 Å². The van der Waals surface area contributed by atoms with Crippen LogP contribution < -0.4 is 0 Å². The molecule has 3 nitrogen and oxygen atoms in total. The van der Waals surface area contributed by atoms with Crippen LogP contribution in [0, 0.1) is 0 Å². The third-order valence-corrected chi connectivity index (χ3v) is 3.31. The van der Waals surface area contributed by atoms with Gasteiger partial charge in [-0.25, -0.2) is 4.79 Å². The van der Waals surface area contributed by atoms with E-state index in [0.29, 0.717) is 12.2 Å². The number of carbonyl (C=O) groups is 1. The van der Waals surface area contributed by atoms with Gasteiger partial charge >= 0.3 is 5.97 Å². The average molecular weight is 278 g/mol. The summed E-state index contributed by atoms with van der Waals surface area (Å²) in [6.45, 7) is 4.76. The van der Waals surface area contributed by atoms with Crippen LogP contribution in [0.3, 0.4) is 0 Å². The highest BCUT2D eigenvalue weighted by Gasteiger charge is 2.07. The fourth-order valence-corrected chi connectivity index (χ4v) is 1.96. The van der Waals surface area contributed by atoms with Crippen LogP contribution >= 0.6 is 0 Å². The Hall–Kier alpha value is -1.35. The van der Waals surface area contributed by atoms with Gasteiger partial charge in [-0.1, -0.05) is 58.1 Å². The van der Waals surface area contributed by atoms with Gasteiger partial charge in [-0.2, -0.15) is 4.89 Å². The van der Waals surface area contributed by atoms with Crippen LogP contribution in [0.2, 0.25) is 0 Å². The molecule has 1 aromatic carbocycles. The molecule has 0 fully saturated rings. The molecule has 20 heavy (non-hydrogen) atoms. The van der Waals surface area contributed by atoms with Crippen molar-refractivity contribution in [2.24, 2.45) is 0 Å². The van der Waals surface area contributed by atoms with Crippen LogP contribution in [-0.4, -0.2) is 12.6 Å². The van der Waals surface area contributed by atoms with Gasteiger partial charge in [0.05, 0.1) is 12.2 Å². The zero-order valence-electron chi connectivity index (χ0n) is 12.7. The van der Waals surface area contributed by atoms with Crippen molar-refractivity contribution in [2.45, 2.75) is 58.8 Å². The maximum Gasteiger partial charge on any atom is 0.373 e. The number of aryl methyl sites for hydroxylation is 1. The minimum Gasteiger partial charge on any atom is -0.293 e. The minimum atomic E-state index is -0.418. The van der Waals surface area contributed by atoms with Gasteiger partial charge in [-0.15, -0.1) is 0 Å². The molecule has 1 rings (SSSR count). The highest BCUT2D eigenvalue weighted by molar-refractivity contribution is 5.88. The molecule has 0 radical (unpaired) electrons. The molecule has 0 aliphatic rings. The fraction of sp³-hybridized carbons (Fsp3) is 0.588. The molecule has 112 valence electrons. The molecule has 0 amide bonds. The summed E-state index contributed by atoms with van der Waals surface area (Å²) in [5, 5.41) is 0. The minimum absolute atomic E-state index is 0.418. The molecular formula is C17H26O3. The van der Waals surface area contributed by atoms with Crippen LogP contribution in [-0.2, 0) is 16.2 Å². The number of rotatable bonds is 10. The van der Waals surface area contributed by atoms with Gasteiger partial charge in [0.15, 0.2) is 0 Å². The smallest absolute Gasteiger partial charge is 0.293 e. The maximum absolute atomic E-state index is 11.7. The lowest BCUT2D eigenvalue weighted by Crippen LogP contribution is -2.07. The molecule has 3 heteroatoms. The van der Waals surface area contributed by atoms with Crippen molar-refractivity contribution >= 4 is 5.97 Å². The first kappa shape index (κ1) is 16.7. The van der Waals surface area contributed by atoms with E-state index in [4.69, 9.17) is 9.78 Å². The summed E-state index contributed by atoms with van der Waals surface area (Å²) >= 11 is 0. The summed E-state index contributed by atoms with van der Waals surface area (Å²) in [5.74, 6) is -0.418. The van der Waals surface area contributed by atoms with Crippen molar-refractivity contribution < 1.29 is 14.6 Å². The van der Waals surface area contributed by atoms with Crippen LogP contribution in [0.4, 0.5) is 0 Å². The summed E-state index contributed by atoms with van der Waals surface area (Å²) in [7, 11) is 0. The monoisotopic (exact) mass is 278 g/mol. The third-order valence-electron chi connectivity index (χ3n) is 3.31. The van der Waals surface area contributed by atoms with E-state index in [1.807, 2.05) is 12.1 Å². The zero-order valence-corrected chi connectivity index (χ0v) is 12.7. The Balaban J connectivity index is 2.10. The Kier molecular flexibility index (Phi) is 8.72. The quantitative estimate of drug-likeness (QED) is 0.353. The Labute approximate surface area is 122 Å². The number of hydrogen-bond acceptors (Lipinski definition) is 3. The summed E-state index contributed by atoms with van der Waals surface area (Å²) < 4.78 is 0. The first-order valence-corrected chi connectivity index (χ1v) is 7.70.